The quantitative estimate of drug-likeness (QED) is 0.405. The fourth-order valence-corrected chi connectivity index (χ4v) is 2.85. The standard InChI is InChI=1S/C18H19N5O4/c1-27-17-8-3-2-7-14(17)15-10-16(21-20-15)18(24)22-19-11-12-5-4-6-13(9-12)23(25)26/h2-9,11,15-16,20-21H,10H2,1H3,(H,22,24)/b19-11+. The van der Waals surface area contributed by atoms with E-state index in [-0.39, 0.29) is 17.6 Å². The number of nitro benzene ring substituents is 1. The van der Waals surface area contributed by atoms with Crippen molar-refractivity contribution < 1.29 is 14.5 Å². The average Bonchev–Trinajstić information content (AvgIpc) is 3.18. The molecule has 1 heterocycles. The van der Waals surface area contributed by atoms with E-state index in [0.29, 0.717) is 12.0 Å². The third kappa shape index (κ3) is 4.46. The van der Waals surface area contributed by atoms with Crippen molar-refractivity contribution in [3.63, 3.8) is 0 Å². The van der Waals surface area contributed by atoms with Crippen LogP contribution >= 0.6 is 0 Å². The zero-order valence-electron chi connectivity index (χ0n) is 14.6. The van der Waals surface area contributed by atoms with Gasteiger partial charge in [-0.05, 0) is 12.5 Å². The number of para-hydroxylation sites is 1. The molecule has 0 saturated carbocycles. The first-order chi connectivity index (χ1) is 13.1. The Balaban J connectivity index is 1.58. The lowest BCUT2D eigenvalue weighted by molar-refractivity contribution is -0.384. The second kappa shape index (κ2) is 8.39. The number of amides is 1. The van der Waals surface area contributed by atoms with Crippen LogP contribution in [0.5, 0.6) is 5.75 Å². The summed E-state index contributed by atoms with van der Waals surface area (Å²) in [6.45, 7) is 0. The molecule has 2 unspecified atom stereocenters. The van der Waals surface area contributed by atoms with E-state index < -0.39 is 11.0 Å². The van der Waals surface area contributed by atoms with Gasteiger partial charge in [-0.1, -0.05) is 30.3 Å². The molecule has 2 aromatic rings. The van der Waals surface area contributed by atoms with Crippen LogP contribution in [0.3, 0.4) is 0 Å². The van der Waals surface area contributed by atoms with Crippen LogP contribution in [-0.2, 0) is 4.79 Å². The molecular formula is C18H19N5O4. The summed E-state index contributed by atoms with van der Waals surface area (Å²) in [6, 6.07) is 13.1. The first kappa shape index (κ1) is 18.5. The minimum atomic E-state index is -0.484. The molecule has 0 radical (unpaired) electrons. The molecule has 9 heteroatoms. The van der Waals surface area contributed by atoms with E-state index in [1.54, 1.807) is 19.2 Å². The lowest BCUT2D eigenvalue weighted by atomic mass is 10.0. The van der Waals surface area contributed by atoms with Crippen LogP contribution in [-0.4, -0.2) is 30.2 Å². The maximum absolute atomic E-state index is 12.3. The Labute approximate surface area is 155 Å². The van der Waals surface area contributed by atoms with E-state index >= 15 is 0 Å². The third-order valence-electron chi connectivity index (χ3n) is 4.20. The SMILES string of the molecule is COc1ccccc1C1CC(C(=O)N/N=C/c2cccc([N+](=O)[O-])c2)NN1. The zero-order chi connectivity index (χ0) is 19.2. The molecule has 0 aromatic heterocycles. The second-order valence-electron chi connectivity index (χ2n) is 5.96. The molecule has 1 saturated heterocycles. The molecule has 1 aliphatic rings. The highest BCUT2D eigenvalue weighted by atomic mass is 16.6. The summed E-state index contributed by atoms with van der Waals surface area (Å²) in [5.74, 6) is 0.447. The minimum absolute atomic E-state index is 0.0356. The molecule has 0 spiro atoms. The molecule has 3 rings (SSSR count). The number of benzene rings is 2. The summed E-state index contributed by atoms with van der Waals surface area (Å²) in [7, 11) is 1.61. The number of nitrogens with zero attached hydrogens (tertiary/aromatic N) is 2. The van der Waals surface area contributed by atoms with Gasteiger partial charge in [-0.2, -0.15) is 5.10 Å². The van der Waals surface area contributed by atoms with Crippen LogP contribution in [0, 0.1) is 10.1 Å². The van der Waals surface area contributed by atoms with Gasteiger partial charge >= 0.3 is 0 Å². The lowest BCUT2D eigenvalue weighted by Crippen LogP contribution is -2.41. The normalized spacial score (nSPS) is 19.1. The number of hydrogen-bond acceptors (Lipinski definition) is 7. The number of rotatable bonds is 6. The van der Waals surface area contributed by atoms with Crippen LogP contribution in [0.1, 0.15) is 23.6 Å². The smallest absolute Gasteiger partial charge is 0.270 e. The van der Waals surface area contributed by atoms with Gasteiger partial charge < -0.3 is 4.74 Å². The Hall–Kier alpha value is -3.30. The zero-order valence-corrected chi connectivity index (χ0v) is 14.6. The Morgan fingerprint density at radius 2 is 2.11 bits per heavy atom. The monoisotopic (exact) mass is 369 g/mol. The van der Waals surface area contributed by atoms with Crippen molar-refractivity contribution in [1.29, 1.82) is 0 Å². The predicted octanol–water partition coefficient (Wildman–Crippen LogP) is 1.66. The van der Waals surface area contributed by atoms with E-state index in [4.69, 9.17) is 4.74 Å². The maximum atomic E-state index is 12.3. The first-order valence-electron chi connectivity index (χ1n) is 8.30. The fraction of sp³-hybridized carbons (Fsp3) is 0.222. The van der Waals surface area contributed by atoms with E-state index in [0.717, 1.165) is 11.3 Å². The highest BCUT2D eigenvalue weighted by molar-refractivity contribution is 5.85. The molecule has 1 aliphatic heterocycles. The van der Waals surface area contributed by atoms with Gasteiger partial charge in [0.05, 0.1) is 24.3 Å². The Kier molecular flexibility index (Phi) is 5.74. The molecule has 140 valence electrons. The number of carbonyl (C=O) groups excluding carboxylic acids is 1. The molecule has 0 aliphatic carbocycles. The summed E-state index contributed by atoms with van der Waals surface area (Å²) in [5, 5.41) is 14.6. The number of methoxy groups -OCH3 is 1. The minimum Gasteiger partial charge on any atom is -0.496 e. The van der Waals surface area contributed by atoms with E-state index in [1.807, 2.05) is 24.3 Å². The van der Waals surface area contributed by atoms with Crippen LogP contribution < -0.4 is 21.0 Å². The number of hydrazone groups is 1. The largest absolute Gasteiger partial charge is 0.496 e. The van der Waals surface area contributed by atoms with Gasteiger partial charge in [0, 0.05) is 23.3 Å². The maximum Gasteiger partial charge on any atom is 0.270 e. The van der Waals surface area contributed by atoms with Crippen molar-refractivity contribution in [3.8, 4) is 5.75 Å². The van der Waals surface area contributed by atoms with Crippen LogP contribution in [0.2, 0.25) is 0 Å². The number of carbonyl (C=O) groups is 1. The lowest BCUT2D eigenvalue weighted by Gasteiger charge is -2.13. The molecule has 1 amide bonds. The molecule has 2 aromatic carbocycles. The summed E-state index contributed by atoms with van der Waals surface area (Å²) in [6.07, 6.45) is 1.89. The molecule has 9 nitrogen and oxygen atoms in total. The average molecular weight is 369 g/mol. The van der Waals surface area contributed by atoms with Gasteiger partial charge in [0.25, 0.3) is 11.6 Å². The number of hydrazine groups is 1. The van der Waals surface area contributed by atoms with E-state index in [2.05, 4.69) is 21.4 Å². The molecule has 27 heavy (non-hydrogen) atoms. The molecular weight excluding hydrogens is 350 g/mol. The second-order valence-corrected chi connectivity index (χ2v) is 5.96. The van der Waals surface area contributed by atoms with Crippen molar-refractivity contribution in [2.75, 3.05) is 7.11 Å². The van der Waals surface area contributed by atoms with Crippen LogP contribution in [0.25, 0.3) is 0 Å². The van der Waals surface area contributed by atoms with Crippen molar-refractivity contribution in [3.05, 3.63) is 69.8 Å². The number of non-ortho nitro benzene ring substituents is 1. The van der Waals surface area contributed by atoms with Crippen molar-refractivity contribution in [2.24, 2.45) is 5.10 Å². The Bertz CT molecular complexity index is 870. The Morgan fingerprint density at radius 3 is 2.89 bits per heavy atom. The Morgan fingerprint density at radius 1 is 1.30 bits per heavy atom. The third-order valence-corrected chi connectivity index (χ3v) is 4.20. The van der Waals surface area contributed by atoms with Gasteiger partial charge in [0.1, 0.15) is 11.8 Å². The van der Waals surface area contributed by atoms with E-state index in [1.165, 1.54) is 18.3 Å². The van der Waals surface area contributed by atoms with Gasteiger partial charge in [-0.25, -0.2) is 16.3 Å². The topological polar surface area (TPSA) is 118 Å². The van der Waals surface area contributed by atoms with E-state index in [9.17, 15) is 14.9 Å². The van der Waals surface area contributed by atoms with Crippen molar-refractivity contribution in [2.45, 2.75) is 18.5 Å². The number of nitrogens with one attached hydrogen (secondary N) is 3. The highest BCUT2D eigenvalue weighted by Crippen LogP contribution is 2.29. The number of nitro groups is 1. The molecule has 0 bridgehead atoms. The first-order valence-corrected chi connectivity index (χ1v) is 8.30. The molecule has 1 fully saturated rings. The predicted molar refractivity (Wildman–Crippen MR) is 99.2 cm³/mol. The van der Waals surface area contributed by atoms with Gasteiger partial charge in [-0.3, -0.25) is 14.9 Å². The number of ether oxygens (including phenoxy) is 1. The van der Waals surface area contributed by atoms with Gasteiger partial charge in [0.2, 0.25) is 0 Å². The summed E-state index contributed by atoms with van der Waals surface area (Å²) < 4.78 is 5.35. The summed E-state index contributed by atoms with van der Waals surface area (Å²) >= 11 is 0. The highest BCUT2D eigenvalue weighted by Gasteiger charge is 2.31. The van der Waals surface area contributed by atoms with Crippen molar-refractivity contribution in [1.82, 2.24) is 16.3 Å². The van der Waals surface area contributed by atoms with Crippen LogP contribution in [0.15, 0.2) is 53.6 Å². The number of hydrogen-bond donors (Lipinski definition) is 3. The summed E-state index contributed by atoms with van der Waals surface area (Å²) in [5.41, 5.74) is 9.93. The fourth-order valence-electron chi connectivity index (χ4n) is 2.85. The molecule has 3 N–H and O–H groups in total. The molecule has 2 atom stereocenters. The van der Waals surface area contributed by atoms with Gasteiger partial charge in [-0.15, -0.1) is 0 Å². The van der Waals surface area contributed by atoms with Gasteiger partial charge in [0.15, 0.2) is 0 Å². The van der Waals surface area contributed by atoms with Crippen molar-refractivity contribution >= 4 is 17.8 Å². The summed E-state index contributed by atoms with van der Waals surface area (Å²) in [4.78, 5) is 22.6. The van der Waals surface area contributed by atoms with Crippen LogP contribution in [0.4, 0.5) is 5.69 Å².